The zero-order valence-corrected chi connectivity index (χ0v) is 16.8. The minimum atomic E-state index is -0.563. The van der Waals surface area contributed by atoms with E-state index in [0.29, 0.717) is 23.4 Å². The fourth-order valence-corrected chi connectivity index (χ4v) is 3.72. The number of para-hydroxylation sites is 1. The molecule has 0 spiro atoms. The molecule has 138 valence electrons. The van der Waals surface area contributed by atoms with Crippen molar-refractivity contribution < 1.29 is 4.79 Å². The van der Waals surface area contributed by atoms with Crippen molar-refractivity contribution in [3.63, 3.8) is 0 Å². The third kappa shape index (κ3) is 3.68. The number of nitrogens with zero attached hydrogens (tertiary/aromatic N) is 3. The molecule has 0 aromatic heterocycles. The van der Waals surface area contributed by atoms with Gasteiger partial charge >= 0.3 is 6.03 Å². The maximum atomic E-state index is 13.3. The Labute approximate surface area is 164 Å². The normalized spacial score (nSPS) is 16.3. The lowest BCUT2D eigenvalue weighted by Crippen LogP contribution is -2.62. The molecular weight excluding hydrogens is 369 g/mol. The molecule has 1 fully saturated rings. The van der Waals surface area contributed by atoms with Crippen LogP contribution in [0.4, 0.5) is 10.5 Å². The van der Waals surface area contributed by atoms with E-state index in [2.05, 4.69) is 11.8 Å². The van der Waals surface area contributed by atoms with Crippen molar-refractivity contribution in [3.8, 4) is 0 Å². The van der Waals surface area contributed by atoms with Crippen molar-refractivity contribution >= 4 is 34.9 Å². The average molecular weight is 392 g/mol. The number of hydrogen-bond acceptors (Lipinski definition) is 2. The molecule has 0 aliphatic carbocycles. The molecule has 3 rings (SSSR count). The summed E-state index contributed by atoms with van der Waals surface area (Å²) in [6.45, 7) is 8.11. The Morgan fingerprint density at radius 2 is 1.62 bits per heavy atom. The maximum absolute atomic E-state index is 13.3. The Kier molecular flexibility index (Phi) is 5.47. The molecule has 2 amide bonds. The van der Waals surface area contributed by atoms with Gasteiger partial charge in [-0.1, -0.05) is 48.3 Å². The number of carbonyl (C=O) groups excluding carboxylic acids is 1. The number of benzene rings is 2. The minimum Gasteiger partial charge on any atom is -0.302 e. The van der Waals surface area contributed by atoms with Gasteiger partial charge in [-0.15, -0.1) is 0 Å². The molecule has 1 saturated heterocycles. The Balaban J connectivity index is 2.00. The van der Waals surface area contributed by atoms with Gasteiger partial charge in [0.1, 0.15) is 0 Å². The highest BCUT2D eigenvalue weighted by Gasteiger charge is 2.40. The molecule has 1 aliphatic rings. The van der Waals surface area contributed by atoms with Gasteiger partial charge in [0.15, 0.2) is 0 Å². The van der Waals surface area contributed by atoms with Crippen molar-refractivity contribution in [3.05, 3.63) is 64.1 Å². The van der Waals surface area contributed by atoms with Gasteiger partial charge in [-0.25, -0.2) is 4.79 Å². The van der Waals surface area contributed by atoms with Gasteiger partial charge in [0.05, 0.1) is 18.9 Å². The second kappa shape index (κ2) is 7.47. The van der Waals surface area contributed by atoms with Crippen LogP contribution in [0.2, 0.25) is 10.0 Å². The average Bonchev–Trinajstić information content (AvgIpc) is 2.61. The summed E-state index contributed by atoms with van der Waals surface area (Å²) in [7, 11) is 0. The SMILES string of the molecule is CCN1CN(c2ccccc2)C(=O)N(C(C)(C)c2cc(Cl)cc(Cl)c2)C1. The quantitative estimate of drug-likeness (QED) is 0.696. The van der Waals surface area contributed by atoms with Crippen molar-refractivity contribution in [2.75, 3.05) is 24.8 Å². The van der Waals surface area contributed by atoms with Gasteiger partial charge in [-0.05, 0) is 56.3 Å². The van der Waals surface area contributed by atoms with Crippen molar-refractivity contribution in [1.29, 1.82) is 0 Å². The molecule has 0 unspecified atom stereocenters. The lowest BCUT2D eigenvalue weighted by molar-refractivity contribution is 0.0569. The Hall–Kier alpha value is -1.75. The van der Waals surface area contributed by atoms with Crippen LogP contribution < -0.4 is 4.90 Å². The minimum absolute atomic E-state index is 0.0259. The first kappa shape index (κ1) is 19.0. The van der Waals surface area contributed by atoms with Crippen LogP contribution in [0.5, 0.6) is 0 Å². The molecule has 2 aromatic rings. The van der Waals surface area contributed by atoms with Crippen LogP contribution in [0, 0.1) is 0 Å². The van der Waals surface area contributed by atoms with Crippen LogP contribution in [-0.4, -0.2) is 35.7 Å². The van der Waals surface area contributed by atoms with Gasteiger partial charge in [0.2, 0.25) is 0 Å². The van der Waals surface area contributed by atoms with Gasteiger partial charge in [0.25, 0.3) is 0 Å². The van der Waals surface area contributed by atoms with E-state index in [1.54, 1.807) is 11.0 Å². The number of urea groups is 1. The van der Waals surface area contributed by atoms with Gasteiger partial charge in [0, 0.05) is 15.7 Å². The third-order valence-electron chi connectivity index (χ3n) is 4.90. The third-order valence-corrected chi connectivity index (χ3v) is 5.34. The van der Waals surface area contributed by atoms with Crippen molar-refractivity contribution in [2.24, 2.45) is 0 Å². The largest absolute Gasteiger partial charge is 0.327 e. The van der Waals surface area contributed by atoms with Crippen molar-refractivity contribution in [2.45, 2.75) is 26.3 Å². The van der Waals surface area contributed by atoms with E-state index < -0.39 is 5.54 Å². The fourth-order valence-electron chi connectivity index (χ4n) is 3.19. The molecule has 26 heavy (non-hydrogen) atoms. The summed E-state index contributed by atoms with van der Waals surface area (Å²) in [6, 6.07) is 15.2. The highest BCUT2D eigenvalue weighted by Crippen LogP contribution is 2.35. The Morgan fingerprint density at radius 1 is 1.00 bits per heavy atom. The van der Waals surface area contributed by atoms with E-state index in [1.807, 2.05) is 61.2 Å². The number of carbonyl (C=O) groups is 1. The first-order chi connectivity index (χ1) is 12.3. The summed E-state index contributed by atoms with van der Waals surface area (Å²) in [6.07, 6.45) is 0. The summed E-state index contributed by atoms with van der Waals surface area (Å²) < 4.78 is 0. The second-order valence-corrected chi connectivity index (χ2v) is 7.83. The van der Waals surface area contributed by atoms with Gasteiger partial charge in [-0.3, -0.25) is 9.80 Å². The molecular formula is C20H23Cl2N3O. The molecule has 0 radical (unpaired) electrons. The van der Waals surface area contributed by atoms with E-state index in [0.717, 1.165) is 17.8 Å². The molecule has 1 heterocycles. The van der Waals surface area contributed by atoms with Crippen molar-refractivity contribution in [1.82, 2.24) is 9.80 Å². The van der Waals surface area contributed by atoms with E-state index >= 15 is 0 Å². The zero-order valence-electron chi connectivity index (χ0n) is 15.2. The lowest BCUT2D eigenvalue weighted by atomic mass is 9.92. The molecule has 0 bridgehead atoms. The van der Waals surface area contributed by atoms with Gasteiger partial charge in [-0.2, -0.15) is 0 Å². The molecule has 0 atom stereocenters. The summed E-state index contributed by atoms with van der Waals surface area (Å²) in [5.74, 6) is 0. The summed E-state index contributed by atoms with van der Waals surface area (Å²) >= 11 is 12.4. The molecule has 4 nitrogen and oxygen atoms in total. The number of rotatable bonds is 4. The van der Waals surface area contributed by atoms with E-state index in [-0.39, 0.29) is 6.03 Å². The van der Waals surface area contributed by atoms with Crippen LogP contribution in [0.1, 0.15) is 26.3 Å². The van der Waals surface area contributed by atoms with E-state index in [9.17, 15) is 4.79 Å². The first-order valence-corrected chi connectivity index (χ1v) is 9.41. The fraction of sp³-hybridized carbons (Fsp3) is 0.350. The zero-order chi connectivity index (χ0) is 18.9. The Morgan fingerprint density at radius 3 is 2.19 bits per heavy atom. The predicted octanol–water partition coefficient (Wildman–Crippen LogP) is 5.41. The highest BCUT2D eigenvalue weighted by atomic mass is 35.5. The summed E-state index contributed by atoms with van der Waals surface area (Å²) in [5.41, 5.74) is 1.24. The second-order valence-electron chi connectivity index (χ2n) is 6.96. The number of hydrogen-bond donors (Lipinski definition) is 0. The monoisotopic (exact) mass is 391 g/mol. The molecule has 6 heteroatoms. The smallest absolute Gasteiger partial charge is 0.302 e. The highest BCUT2D eigenvalue weighted by molar-refractivity contribution is 6.34. The number of anilines is 1. The molecule has 2 aromatic carbocycles. The molecule has 0 saturated carbocycles. The summed E-state index contributed by atoms with van der Waals surface area (Å²) in [4.78, 5) is 19.2. The van der Waals surface area contributed by atoms with Crippen LogP contribution in [-0.2, 0) is 5.54 Å². The Bertz CT molecular complexity index is 775. The topological polar surface area (TPSA) is 26.8 Å². The van der Waals surface area contributed by atoms with Crippen LogP contribution >= 0.6 is 23.2 Å². The number of amides is 2. The number of halogens is 2. The van der Waals surface area contributed by atoms with Crippen LogP contribution in [0.15, 0.2) is 48.5 Å². The predicted molar refractivity (Wildman–Crippen MR) is 108 cm³/mol. The lowest BCUT2D eigenvalue weighted by Gasteiger charge is -2.48. The van der Waals surface area contributed by atoms with E-state index in [4.69, 9.17) is 23.2 Å². The first-order valence-electron chi connectivity index (χ1n) is 8.66. The molecule has 0 N–H and O–H groups in total. The van der Waals surface area contributed by atoms with E-state index in [1.165, 1.54) is 0 Å². The molecule has 1 aliphatic heterocycles. The maximum Gasteiger partial charge on any atom is 0.327 e. The summed E-state index contributed by atoms with van der Waals surface area (Å²) in [5, 5.41) is 1.13. The van der Waals surface area contributed by atoms with Crippen LogP contribution in [0.3, 0.4) is 0 Å². The standard InChI is InChI=1S/C20H23Cl2N3O/c1-4-23-13-24(18-8-6-5-7-9-18)19(26)25(14-23)20(2,3)15-10-16(21)12-17(22)11-15/h5-12H,4,13-14H2,1-3H3. The van der Waals surface area contributed by atoms with Gasteiger partial charge < -0.3 is 4.90 Å². The van der Waals surface area contributed by atoms with Crippen LogP contribution in [0.25, 0.3) is 0 Å².